The first-order chi connectivity index (χ1) is 9.04. The zero-order valence-corrected chi connectivity index (χ0v) is 9.54. The number of nitro groups is 1. The molecule has 0 saturated carbocycles. The standard InChI is InChI=1S/C13H7N3O3/c14-5-7-4-10(16(18)19)11-6-1-2-8(9(15)3-6)12(11)13(7)17/h1-4,17H,15H2. The fourth-order valence-corrected chi connectivity index (χ4v) is 2.39. The second kappa shape index (κ2) is 3.46. The predicted octanol–water partition coefficient (Wildman–Crippen LogP) is 2.50. The molecule has 0 fully saturated rings. The van der Waals surface area contributed by atoms with Crippen molar-refractivity contribution in [3.8, 4) is 11.8 Å². The Labute approximate surface area is 106 Å². The van der Waals surface area contributed by atoms with Gasteiger partial charge in [0.05, 0.1) is 10.3 Å². The quantitative estimate of drug-likeness (QED) is 0.393. The summed E-state index contributed by atoms with van der Waals surface area (Å²) >= 11 is 0. The van der Waals surface area contributed by atoms with E-state index in [0.29, 0.717) is 21.8 Å². The number of non-ortho nitro benzene ring substituents is 1. The molecule has 0 heterocycles. The molecule has 4 aromatic carbocycles. The van der Waals surface area contributed by atoms with Crippen molar-refractivity contribution in [2.24, 2.45) is 0 Å². The maximum Gasteiger partial charge on any atom is 0.279 e. The molecule has 0 amide bonds. The lowest BCUT2D eigenvalue weighted by Gasteiger charge is -2.12. The summed E-state index contributed by atoms with van der Waals surface area (Å²) in [4.78, 5) is 10.6. The number of nitro benzene ring substituents is 1. The van der Waals surface area contributed by atoms with Crippen molar-refractivity contribution in [1.82, 2.24) is 0 Å². The number of hydrogen-bond donors (Lipinski definition) is 2. The lowest BCUT2D eigenvalue weighted by Crippen LogP contribution is -1.96. The van der Waals surface area contributed by atoms with Crippen molar-refractivity contribution >= 4 is 32.9 Å². The number of nitrogens with zero attached hydrogens (tertiary/aromatic N) is 2. The molecule has 0 atom stereocenters. The highest BCUT2D eigenvalue weighted by Crippen LogP contribution is 2.44. The van der Waals surface area contributed by atoms with Crippen LogP contribution in [0.1, 0.15) is 5.56 Å². The van der Waals surface area contributed by atoms with Gasteiger partial charge in [-0.3, -0.25) is 10.1 Å². The fourth-order valence-electron chi connectivity index (χ4n) is 2.39. The van der Waals surface area contributed by atoms with Crippen LogP contribution in [0.3, 0.4) is 0 Å². The summed E-state index contributed by atoms with van der Waals surface area (Å²) in [5.41, 5.74) is 5.89. The minimum Gasteiger partial charge on any atom is -0.506 e. The summed E-state index contributed by atoms with van der Waals surface area (Å²) < 4.78 is 0. The highest BCUT2D eigenvalue weighted by atomic mass is 16.6. The van der Waals surface area contributed by atoms with Crippen LogP contribution in [0.25, 0.3) is 21.5 Å². The minimum atomic E-state index is -0.564. The number of aromatic hydroxyl groups is 1. The van der Waals surface area contributed by atoms with Crippen LogP contribution in [0.5, 0.6) is 5.75 Å². The molecule has 0 aromatic heterocycles. The van der Waals surface area contributed by atoms with Crippen LogP contribution < -0.4 is 5.73 Å². The summed E-state index contributed by atoms with van der Waals surface area (Å²) in [6.07, 6.45) is 0. The van der Waals surface area contributed by atoms with E-state index in [9.17, 15) is 15.2 Å². The number of nitrogen functional groups attached to an aromatic ring is 1. The van der Waals surface area contributed by atoms with Gasteiger partial charge in [-0.2, -0.15) is 5.26 Å². The number of phenols is 1. The first-order valence-electron chi connectivity index (χ1n) is 5.39. The lowest BCUT2D eigenvalue weighted by molar-refractivity contribution is -0.383. The third-order valence-corrected chi connectivity index (χ3v) is 3.21. The Hall–Kier alpha value is -3.07. The van der Waals surface area contributed by atoms with E-state index in [-0.39, 0.29) is 22.4 Å². The average molecular weight is 253 g/mol. The number of nitrogens with two attached hydrogens (primary N) is 1. The van der Waals surface area contributed by atoms with E-state index in [1.165, 1.54) is 0 Å². The number of nitriles is 1. The molecule has 0 aliphatic carbocycles. The molecule has 3 N–H and O–H groups in total. The number of hydrogen-bond acceptors (Lipinski definition) is 5. The van der Waals surface area contributed by atoms with E-state index in [0.717, 1.165) is 6.07 Å². The van der Waals surface area contributed by atoms with Gasteiger partial charge >= 0.3 is 0 Å². The maximum atomic E-state index is 11.1. The van der Waals surface area contributed by atoms with Crippen LogP contribution in [0.4, 0.5) is 11.4 Å². The van der Waals surface area contributed by atoms with Crippen LogP contribution in [0.15, 0.2) is 24.3 Å². The van der Waals surface area contributed by atoms with Crippen molar-refractivity contribution in [3.63, 3.8) is 0 Å². The van der Waals surface area contributed by atoms with Crippen molar-refractivity contribution < 1.29 is 10.0 Å². The molecule has 0 unspecified atom stereocenters. The van der Waals surface area contributed by atoms with Crippen molar-refractivity contribution in [2.75, 3.05) is 5.73 Å². The molecule has 92 valence electrons. The maximum absolute atomic E-state index is 11.1. The molecular weight excluding hydrogens is 246 g/mol. The van der Waals surface area contributed by atoms with Crippen molar-refractivity contribution in [1.29, 1.82) is 5.26 Å². The lowest BCUT2D eigenvalue weighted by atomic mass is 9.94. The second-order valence-corrected chi connectivity index (χ2v) is 4.21. The summed E-state index contributed by atoms with van der Waals surface area (Å²) in [7, 11) is 0. The van der Waals surface area contributed by atoms with Crippen LogP contribution in [-0.4, -0.2) is 10.0 Å². The zero-order valence-electron chi connectivity index (χ0n) is 9.54. The van der Waals surface area contributed by atoms with Gasteiger partial charge in [-0.15, -0.1) is 0 Å². The normalized spacial score (nSPS) is 10.9. The van der Waals surface area contributed by atoms with Crippen LogP contribution in [0.2, 0.25) is 0 Å². The molecule has 0 aliphatic heterocycles. The summed E-state index contributed by atoms with van der Waals surface area (Å²) in [6, 6.07) is 7.84. The van der Waals surface area contributed by atoms with E-state index in [1.54, 1.807) is 24.3 Å². The molecule has 0 spiro atoms. The van der Waals surface area contributed by atoms with Crippen LogP contribution in [-0.2, 0) is 0 Å². The number of phenolic OH excluding ortho intramolecular Hbond substituents is 1. The molecule has 4 rings (SSSR count). The first-order valence-corrected chi connectivity index (χ1v) is 5.39. The number of benzene rings is 4. The van der Waals surface area contributed by atoms with Gasteiger partial charge in [0, 0.05) is 22.5 Å². The molecule has 0 aliphatic rings. The predicted molar refractivity (Wildman–Crippen MR) is 70.1 cm³/mol. The SMILES string of the molecule is N#Cc1cc([N+](=O)[O-])c2c3ccc(c(N)c3)c2c1O. The molecule has 19 heavy (non-hydrogen) atoms. The second-order valence-electron chi connectivity index (χ2n) is 4.21. The molecule has 0 saturated heterocycles. The zero-order chi connectivity index (χ0) is 13.7. The van der Waals surface area contributed by atoms with Gasteiger partial charge in [-0.05, 0) is 11.5 Å². The average Bonchev–Trinajstić information content (AvgIpc) is 2.39. The van der Waals surface area contributed by atoms with E-state index in [4.69, 9.17) is 11.0 Å². The number of rotatable bonds is 1. The largest absolute Gasteiger partial charge is 0.506 e. The summed E-state index contributed by atoms with van der Waals surface area (Å²) in [5, 5.41) is 31.8. The van der Waals surface area contributed by atoms with E-state index in [2.05, 4.69) is 0 Å². The van der Waals surface area contributed by atoms with Crippen LogP contribution in [0, 0.1) is 21.4 Å². The van der Waals surface area contributed by atoms with Crippen molar-refractivity contribution in [3.05, 3.63) is 39.9 Å². The molecule has 0 radical (unpaired) electrons. The Kier molecular flexibility index (Phi) is 2.01. The fraction of sp³-hybridized carbons (Fsp3) is 0. The van der Waals surface area contributed by atoms with E-state index >= 15 is 0 Å². The van der Waals surface area contributed by atoms with Gasteiger partial charge in [-0.1, -0.05) is 12.1 Å². The number of fused-ring (bicyclic) bond motifs is 2. The van der Waals surface area contributed by atoms with Gasteiger partial charge in [0.25, 0.3) is 5.69 Å². The topological polar surface area (TPSA) is 113 Å². The Morgan fingerprint density at radius 2 is 2.05 bits per heavy atom. The van der Waals surface area contributed by atoms with Gasteiger partial charge in [0.2, 0.25) is 0 Å². The highest BCUT2D eigenvalue weighted by molar-refractivity contribution is 6.20. The van der Waals surface area contributed by atoms with E-state index in [1.807, 2.05) is 0 Å². The van der Waals surface area contributed by atoms with Crippen LogP contribution >= 0.6 is 0 Å². The number of anilines is 1. The minimum absolute atomic E-state index is 0.132. The molecular formula is C13H7N3O3. The van der Waals surface area contributed by atoms with Gasteiger partial charge < -0.3 is 10.8 Å². The first kappa shape index (κ1) is 11.0. The summed E-state index contributed by atoms with van der Waals surface area (Å²) in [6.45, 7) is 0. The monoisotopic (exact) mass is 253 g/mol. The third kappa shape index (κ3) is 1.29. The Morgan fingerprint density at radius 1 is 1.32 bits per heavy atom. The van der Waals surface area contributed by atoms with Gasteiger partial charge in [0.15, 0.2) is 0 Å². The van der Waals surface area contributed by atoms with Gasteiger partial charge in [0.1, 0.15) is 17.4 Å². The van der Waals surface area contributed by atoms with E-state index < -0.39 is 4.92 Å². The van der Waals surface area contributed by atoms with Crippen molar-refractivity contribution in [2.45, 2.75) is 0 Å². The Bertz CT molecular complexity index is 880. The smallest absolute Gasteiger partial charge is 0.279 e. The Balaban J connectivity index is 2.68. The molecule has 2 bridgehead atoms. The molecule has 6 nitrogen and oxygen atoms in total. The molecule has 6 heteroatoms. The summed E-state index contributed by atoms with van der Waals surface area (Å²) in [5.74, 6) is -0.268. The third-order valence-electron chi connectivity index (χ3n) is 3.21. The van der Waals surface area contributed by atoms with Gasteiger partial charge in [-0.25, -0.2) is 0 Å². The highest BCUT2D eigenvalue weighted by Gasteiger charge is 2.23. The Morgan fingerprint density at radius 3 is 2.63 bits per heavy atom. The molecule has 4 aromatic rings.